The van der Waals surface area contributed by atoms with Gasteiger partial charge in [0.2, 0.25) is 23.6 Å². The maximum Gasteiger partial charge on any atom is 0.250 e. The van der Waals surface area contributed by atoms with E-state index in [-0.39, 0.29) is 30.7 Å². The number of imide groups is 1. The Bertz CT molecular complexity index is 1160. The zero-order valence-electron chi connectivity index (χ0n) is 18.3. The number of nitrogens with two attached hydrogens (primary N) is 1. The van der Waals surface area contributed by atoms with Crippen molar-refractivity contribution in [1.82, 2.24) is 10.2 Å². The summed E-state index contributed by atoms with van der Waals surface area (Å²) in [4.78, 5) is 53.6. The van der Waals surface area contributed by atoms with Gasteiger partial charge in [0.1, 0.15) is 5.54 Å². The van der Waals surface area contributed by atoms with Gasteiger partial charge in [0.25, 0.3) is 0 Å². The molecule has 5 rings (SSSR count). The van der Waals surface area contributed by atoms with Gasteiger partial charge in [-0.2, -0.15) is 0 Å². The highest BCUT2D eigenvalue weighted by atomic mass is 16.2. The van der Waals surface area contributed by atoms with Crippen LogP contribution in [0.15, 0.2) is 48.5 Å². The molecule has 8 nitrogen and oxygen atoms in total. The summed E-state index contributed by atoms with van der Waals surface area (Å²) in [6.45, 7) is 2.23. The number of hydrogen-bond acceptors (Lipinski definition) is 5. The molecule has 3 aliphatic heterocycles. The summed E-state index contributed by atoms with van der Waals surface area (Å²) >= 11 is 0. The SMILES string of the molecule is CCc1ccc2c(c1)[C@]1(N[C@@H](CC(N)=O)[C@H]3C(=O)N(CCc4ccccc4)C(=O)[C@H]31)C(=O)N2. The molecule has 33 heavy (non-hydrogen) atoms. The van der Waals surface area contributed by atoms with Crippen LogP contribution in [0, 0.1) is 11.8 Å². The Kier molecular flexibility index (Phi) is 5.05. The number of fused-ring (bicyclic) bond motifs is 4. The summed E-state index contributed by atoms with van der Waals surface area (Å²) in [6.07, 6.45) is 1.14. The van der Waals surface area contributed by atoms with Crippen LogP contribution in [-0.4, -0.2) is 41.1 Å². The number of benzene rings is 2. The van der Waals surface area contributed by atoms with Crippen molar-refractivity contribution in [3.8, 4) is 0 Å². The molecular weight excluding hydrogens is 420 g/mol. The Morgan fingerprint density at radius 2 is 1.82 bits per heavy atom. The van der Waals surface area contributed by atoms with Gasteiger partial charge in [-0.1, -0.05) is 49.4 Å². The van der Waals surface area contributed by atoms with Crippen LogP contribution < -0.4 is 16.4 Å². The summed E-state index contributed by atoms with van der Waals surface area (Å²) in [6, 6.07) is 14.6. The van der Waals surface area contributed by atoms with Crippen LogP contribution in [0.25, 0.3) is 0 Å². The second-order valence-corrected chi connectivity index (χ2v) is 8.98. The minimum Gasteiger partial charge on any atom is -0.370 e. The molecule has 0 bridgehead atoms. The Morgan fingerprint density at radius 1 is 1.06 bits per heavy atom. The number of carbonyl (C=O) groups excluding carboxylic acids is 4. The lowest BCUT2D eigenvalue weighted by atomic mass is 9.76. The molecule has 4 atom stereocenters. The van der Waals surface area contributed by atoms with E-state index in [9.17, 15) is 19.2 Å². The number of nitrogens with one attached hydrogen (secondary N) is 2. The lowest BCUT2D eigenvalue weighted by Gasteiger charge is -2.29. The molecule has 170 valence electrons. The van der Waals surface area contributed by atoms with Crippen molar-refractivity contribution in [2.75, 3.05) is 11.9 Å². The van der Waals surface area contributed by atoms with Gasteiger partial charge in [-0.3, -0.25) is 29.4 Å². The quantitative estimate of drug-likeness (QED) is 0.574. The van der Waals surface area contributed by atoms with Crippen molar-refractivity contribution in [1.29, 1.82) is 0 Å². The van der Waals surface area contributed by atoms with E-state index < -0.39 is 29.3 Å². The fourth-order valence-electron chi connectivity index (χ4n) is 5.63. The van der Waals surface area contributed by atoms with E-state index in [0.717, 1.165) is 17.5 Å². The molecule has 0 radical (unpaired) electrons. The van der Waals surface area contributed by atoms with E-state index in [2.05, 4.69) is 10.6 Å². The largest absolute Gasteiger partial charge is 0.370 e. The number of anilines is 1. The molecule has 0 aliphatic carbocycles. The molecule has 2 fully saturated rings. The highest BCUT2D eigenvalue weighted by Crippen LogP contribution is 2.53. The molecular formula is C25H26N4O4. The molecule has 3 heterocycles. The molecule has 3 aliphatic rings. The van der Waals surface area contributed by atoms with E-state index in [1.54, 1.807) is 0 Å². The Labute approximate surface area is 191 Å². The fraction of sp³-hybridized carbons (Fsp3) is 0.360. The van der Waals surface area contributed by atoms with Crippen LogP contribution in [0.4, 0.5) is 5.69 Å². The van der Waals surface area contributed by atoms with E-state index in [1.807, 2.05) is 55.5 Å². The van der Waals surface area contributed by atoms with Crippen molar-refractivity contribution in [2.45, 2.75) is 37.8 Å². The number of hydrogen-bond donors (Lipinski definition) is 3. The molecule has 2 aromatic carbocycles. The van der Waals surface area contributed by atoms with Gasteiger partial charge in [-0.15, -0.1) is 0 Å². The Hall–Kier alpha value is -3.52. The Balaban J connectivity index is 1.56. The van der Waals surface area contributed by atoms with Gasteiger partial charge < -0.3 is 11.1 Å². The van der Waals surface area contributed by atoms with Crippen LogP contribution in [-0.2, 0) is 37.6 Å². The second kappa shape index (κ2) is 7.81. The minimum atomic E-state index is -1.40. The number of carbonyl (C=O) groups is 4. The molecule has 0 aromatic heterocycles. The first-order valence-electron chi connectivity index (χ1n) is 11.3. The predicted octanol–water partition coefficient (Wildman–Crippen LogP) is 1.09. The zero-order valence-corrected chi connectivity index (χ0v) is 18.3. The molecule has 8 heteroatoms. The van der Waals surface area contributed by atoms with Crippen LogP contribution in [0.5, 0.6) is 0 Å². The predicted molar refractivity (Wildman–Crippen MR) is 121 cm³/mol. The van der Waals surface area contributed by atoms with E-state index in [0.29, 0.717) is 17.7 Å². The third-order valence-corrected chi connectivity index (χ3v) is 7.17. The number of likely N-dealkylation sites (tertiary alicyclic amines) is 1. The normalized spacial score (nSPS) is 27.7. The summed E-state index contributed by atoms with van der Waals surface area (Å²) in [5.74, 6) is -3.47. The van der Waals surface area contributed by atoms with Gasteiger partial charge in [-0.25, -0.2) is 0 Å². The highest BCUT2D eigenvalue weighted by Gasteiger charge is 2.70. The number of aryl methyl sites for hydroxylation is 1. The maximum absolute atomic E-state index is 13.7. The van der Waals surface area contributed by atoms with Crippen molar-refractivity contribution in [2.24, 2.45) is 17.6 Å². The monoisotopic (exact) mass is 446 g/mol. The van der Waals surface area contributed by atoms with E-state index in [1.165, 1.54) is 4.90 Å². The first kappa shape index (κ1) is 21.3. The number of nitrogens with zero attached hydrogens (tertiary/aromatic N) is 1. The van der Waals surface area contributed by atoms with Crippen molar-refractivity contribution >= 4 is 29.3 Å². The van der Waals surface area contributed by atoms with Crippen molar-refractivity contribution < 1.29 is 19.2 Å². The van der Waals surface area contributed by atoms with Crippen molar-refractivity contribution in [3.05, 3.63) is 65.2 Å². The van der Waals surface area contributed by atoms with Gasteiger partial charge in [0.05, 0.1) is 11.8 Å². The van der Waals surface area contributed by atoms with Crippen LogP contribution in [0.2, 0.25) is 0 Å². The number of primary amides is 1. The Morgan fingerprint density at radius 3 is 2.52 bits per heavy atom. The summed E-state index contributed by atoms with van der Waals surface area (Å²) < 4.78 is 0. The molecule has 1 spiro atoms. The van der Waals surface area contributed by atoms with Crippen LogP contribution in [0.1, 0.15) is 30.0 Å². The molecule has 0 saturated carbocycles. The van der Waals surface area contributed by atoms with Gasteiger partial charge in [0, 0.05) is 30.3 Å². The third-order valence-electron chi connectivity index (χ3n) is 7.17. The zero-order chi connectivity index (χ0) is 23.3. The average molecular weight is 447 g/mol. The van der Waals surface area contributed by atoms with Gasteiger partial charge in [0.15, 0.2) is 0 Å². The molecule has 2 saturated heterocycles. The number of rotatable bonds is 6. The topological polar surface area (TPSA) is 122 Å². The molecule has 2 aromatic rings. The summed E-state index contributed by atoms with van der Waals surface area (Å²) in [5.41, 5.74) is 7.36. The van der Waals surface area contributed by atoms with E-state index >= 15 is 0 Å². The standard InChI is InChI=1S/C25H26N4O4/c1-2-14-8-9-17-16(12-14)25(24(33)27-17)21-20(18(28-25)13-19(26)30)22(31)29(23(21)32)11-10-15-6-4-3-5-7-15/h3-9,12,18,20-21,28H,2,10-11,13H2,1H3,(H2,26,30)(H,27,33)/t18-,20+,21-,25+/m0/s1. The fourth-order valence-corrected chi connectivity index (χ4v) is 5.63. The molecule has 0 unspecified atom stereocenters. The number of amides is 4. The van der Waals surface area contributed by atoms with Gasteiger partial charge >= 0.3 is 0 Å². The summed E-state index contributed by atoms with van der Waals surface area (Å²) in [7, 11) is 0. The first-order valence-corrected chi connectivity index (χ1v) is 11.3. The lowest BCUT2D eigenvalue weighted by Crippen LogP contribution is -2.53. The summed E-state index contributed by atoms with van der Waals surface area (Å²) in [5, 5.41) is 6.11. The molecule has 4 amide bonds. The molecule has 4 N–H and O–H groups in total. The van der Waals surface area contributed by atoms with Crippen molar-refractivity contribution in [3.63, 3.8) is 0 Å². The minimum absolute atomic E-state index is 0.134. The van der Waals surface area contributed by atoms with Crippen LogP contribution in [0.3, 0.4) is 0 Å². The third kappa shape index (κ3) is 3.16. The first-order chi connectivity index (χ1) is 15.9. The van der Waals surface area contributed by atoms with Crippen LogP contribution >= 0.6 is 0 Å². The smallest absolute Gasteiger partial charge is 0.250 e. The lowest BCUT2D eigenvalue weighted by molar-refractivity contribution is -0.142. The maximum atomic E-state index is 13.7. The highest BCUT2D eigenvalue weighted by molar-refractivity contribution is 6.15. The van der Waals surface area contributed by atoms with Gasteiger partial charge in [-0.05, 0) is 30.0 Å². The van der Waals surface area contributed by atoms with E-state index in [4.69, 9.17) is 5.73 Å². The second-order valence-electron chi connectivity index (χ2n) is 8.98. The average Bonchev–Trinajstić information content (AvgIpc) is 3.37.